The van der Waals surface area contributed by atoms with Crippen molar-refractivity contribution in [1.82, 2.24) is 19.9 Å². The highest BCUT2D eigenvalue weighted by molar-refractivity contribution is 5.85. The lowest BCUT2D eigenvalue weighted by Crippen LogP contribution is -2.43. The molecule has 3 aliphatic rings. The summed E-state index contributed by atoms with van der Waals surface area (Å²) in [5.41, 5.74) is 2.16. The van der Waals surface area contributed by atoms with Crippen LogP contribution in [0.1, 0.15) is 75.6 Å². The monoisotopic (exact) mass is 454 g/mol. The number of aromatic nitrogens is 3. The number of nitrogens with zero attached hydrogens (tertiary/aromatic N) is 4. The molecule has 2 aliphatic heterocycles. The zero-order chi connectivity index (χ0) is 22.9. The van der Waals surface area contributed by atoms with Crippen molar-refractivity contribution in [3.05, 3.63) is 23.8 Å². The smallest absolute Gasteiger partial charge is 0.224 e. The number of methoxy groups -OCH3 is 1. The van der Waals surface area contributed by atoms with E-state index in [4.69, 9.17) is 24.4 Å². The first-order valence-electron chi connectivity index (χ1n) is 12.7. The van der Waals surface area contributed by atoms with Crippen LogP contribution in [0.2, 0.25) is 0 Å². The molecule has 2 aromatic heterocycles. The van der Waals surface area contributed by atoms with Gasteiger partial charge in [-0.3, -0.25) is 0 Å². The zero-order valence-electron chi connectivity index (χ0n) is 20.2. The summed E-state index contributed by atoms with van der Waals surface area (Å²) in [7, 11) is 3.99. The highest BCUT2D eigenvalue weighted by Crippen LogP contribution is 2.39. The van der Waals surface area contributed by atoms with Crippen molar-refractivity contribution in [2.45, 2.75) is 94.9 Å². The Morgan fingerprint density at radius 3 is 2.48 bits per heavy atom. The number of aliphatic hydroxyl groups excluding tert-OH is 1. The van der Waals surface area contributed by atoms with Crippen molar-refractivity contribution in [3.8, 4) is 5.88 Å². The third-order valence-electron chi connectivity index (χ3n) is 8.12. The Kier molecular flexibility index (Phi) is 6.81. The fourth-order valence-corrected chi connectivity index (χ4v) is 6.20. The van der Waals surface area contributed by atoms with Crippen LogP contribution in [-0.4, -0.2) is 70.0 Å². The normalized spacial score (nSPS) is 31.1. The van der Waals surface area contributed by atoms with Gasteiger partial charge in [-0.05, 0) is 70.3 Å². The van der Waals surface area contributed by atoms with Gasteiger partial charge in [0.05, 0.1) is 17.0 Å². The van der Waals surface area contributed by atoms with Crippen molar-refractivity contribution < 1.29 is 14.6 Å². The summed E-state index contributed by atoms with van der Waals surface area (Å²) in [6.07, 6.45) is 13.0. The van der Waals surface area contributed by atoms with Gasteiger partial charge in [-0.15, -0.1) is 0 Å². The first-order chi connectivity index (χ1) is 16.0. The summed E-state index contributed by atoms with van der Waals surface area (Å²) < 4.78 is 11.9. The van der Waals surface area contributed by atoms with Crippen LogP contribution in [0.4, 0.5) is 0 Å². The van der Waals surface area contributed by atoms with Crippen molar-refractivity contribution in [2.24, 2.45) is 5.92 Å². The van der Waals surface area contributed by atoms with Crippen LogP contribution in [0.25, 0.3) is 10.9 Å². The first kappa shape index (κ1) is 22.9. The highest BCUT2D eigenvalue weighted by atomic mass is 16.5. The van der Waals surface area contributed by atoms with Crippen LogP contribution >= 0.6 is 0 Å². The van der Waals surface area contributed by atoms with Crippen molar-refractivity contribution in [2.75, 3.05) is 20.8 Å². The molecule has 2 bridgehead atoms. The van der Waals surface area contributed by atoms with Gasteiger partial charge in [-0.1, -0.05) is 6.92 Å². The minimum atomic E-state index is -0.178. The van der Waals surface area contributed by atoms with Crippen LogP contribution in [0, 0.1) is 5.92 Å². The molecule has 0 amide bonds. The molecule has 1 saturated carbocycles. The van der Waals surface area contributed by atoms with E-state index in [9.17, 15) is 5.11 Å². The van der Waals surface area contributed by atoms with E-state index in [-0.39, 0.29) is 12.2 Å². The summed E-state index contributed by atoms with van der Waals surface area (Å²) in [6, 6.07) is 1.25. The van der Waals surface area contributed by atoms with Crippen LogP contribution in [0.3, 0.4) is 0 Å². The van der Waals surface area contributed by atoms with E-state index in [0.717, 1.165) is 61.7 Å². The van der Waals surface area contributed by atoms with Gasteiger partial charge in [0.15, 0.2) is 0 Å². The summed E-state index contributed by atoms with van der Waals surface area (Å²) in [6.45, 7) is 2.86. The summed E-state index contributed by atoms with van der Waals surface area (Å²) in [4.78, 5) is 17.1. The maximum atomic E-state index is 10.00. The second kappa shape index (κ2) is 9.80. The maximum absolute atomic E-state index is 10.00. The number of ether oxygens (including phenoxy) is 2. The largest absolute Gasteiger partial charge is 0.474 e. The molecule has 5 rings (SSSR count). The quantitative estimate of drug-likeness (QED) is 0.680. The zero-order valence-corrected chi connectivity index (χ0v) is 20.2. The molecule has 0 aromatic carbocycles. The molecule has 7 heteroatoms. The number of fused-ring (bicyclic) bond motifs is 3. The number of piperidine rings is 1. The predicted molar refractivity (Wildman–Crippen MR) is 128 cm³/mol. The van der Waals surface area contributed by atoms with E-state index in [1.165, 1.54) is 18.4 Å². The molecule has 0 spiro atoms. The van der Waals surface area contributed by atoms with Crippen molar-refractivity contribution in [3.63, 3.8) is 0 Å². The highest BCUT2D eigenvalue weighted by Gasteiger charge is 2.39. The summed E-state index contributed by atoms with van der Waals surface area (Å²) in [5.74, 6) is 2.25. The van der Waals surface area contributed by atoms with Gasteiger partial charge in [0.1, 0.15) is 11.9 Å². The van der Waals surface area contributed by atoms with E-state index in [0.29, 0.717) is 36.4 Å². The van der Waals surface area contributed by atoms with Gasteiger partial charge in [0.2, 0.25) is 5.88 Å². The topological polar surface area (TPSA) is 80.6 Å². The van der Waals surface area contributed by atoms with E-state index in [2.05, 4.69) is 18.9 Å². The van der Waals surface area contributed by atoms with Crippen LogP contribution in [0.15, 0.2) is 12.4 Å². The maximum Gasteiger partial charge on any atom is 0.224 e. The van der Waals surface area contributed by atoms with Crippen molar-refractivity contribution >= 4 is 10.9 Å². The number of hydrogen-bond acceptors (Lipinski definition) is 7. The van der Waals surface area contributed by atoms with E-state index < -0.39 is 0 Å². The molecule has 33 heavy (non-hydrogen) atoms. The van der Waals surface area contributed by atoms with Gasteiger partial charge >= 0.3 is 0 Å². The third kappa shape index (κ3) is 4.86. The van der Waals surface area contributed by atoms with Crippen LogP contribution in [-0.2, 0) is 11.2 Å². The van der Waals surface area contributed by atoms with Gasteiger partial charge in [0.25, 0.3) is 0 Å². The van der Waals surface area contributed by atoms with Gasteiger partial charge in [-0.25, -0.2) is 15.0 Å². The predicted octanol–water partition coefficient (Wildman–Crippen LogP) is 3.87. The van der Waals surface area contributed by atoms with Crippen molar-refractivity contribution in [1.29, 1.82) is 0 Å². The standard InChI is InChI=1S/C26H38N4O3/c1-16(15-32-3)10-24-27-14-23-25(29-24)22(17-4-8-20(31)9-5-17)13-28-26(23)33-21-11-18-6-7-19(12-21)30(18)2/h13-14,16-21,31H,4-12,15H2,1-3H3/t16-,17?,18-,19+,20?,21?/m1/s1. The molecule has 7 nitrogen and oxygen atoms in total. The molecule has 4 heterocycles. The van der Waals surface area contributed by atoms with Gasteiger partial charge in [0, 0.05) is 50.2 Å². The fourth-order valence-electron chi connectivity index (χ4n) is 6.20. The van der Waals surface area contributed by atoms with E-state index in [1.54, 1.807) is 7.11 Å². The third-order valence-corrected chi connectivity index (χ3v) is 8.12. The Morgan fingerprint density at radius 2 is 1.79 bits per heavy atom. The molecular formula is C26H38N4O3. The molecule has 4 atom stereocenters. The second-order valence-corrected chi connectivity index (χ2v) is 10.6. The fraction of sp³-hybridized carbons (Fsp3) is 0.731. The Labute approximate surface area is 196 Å². The SMILES string of the molecule is COC[C@H](C)Cc1ncc2c(OC3C[C@H]4CC[C@@H](C3)N4C)ncc(C3CCC(O)CC3)c2n1. The Hall–Kier alpha value is -1.83. The molecule has 2 aromatic rings. The summed E-state index contributed by atoms with van der Waals surface area (Å²) in [5, 5.41) is 10.9. The average Bonchev–Trinajstić information content (AvgIpc) is 3.00. The minimum absolute atomic E-state index is 0.178. The number of rotatable bonds is 7. The first-order valence-corrected chi connectivity index (χ1v) is 12.7. The number of pyridine rings is 1. The second-order valence-electron chi connectivity index (χ2n) is 10.6. The minimum Gasteiger partial charge on any atom is -0.474 e. The summed E-state index contributed by atoms with van der Waals surface area (Å²) >= 11 is 0. The molecular weight excluding hydrogens is 416 g/mol. The molecule has 1 unspecified atom stereocenters. The van der Waals surface area contributed by atoms with Gasteiger partial charge in [-0.2, -0.15) is 0 Å². The average molecular weight is 455 g/mol. The Balaban J connectivity index is 1.45. The molecule has 0 radical (unpaired) electrons. The lowest BCUT2D eigenvalue weighted by atomic mass is 9.82. The molecule has 180 valence electrons. The van der Waals surface area contributed by atoms with E-state index >= 15 is 0 Å². The lowest BCUT2D eigenvalue weighted by Gasteiger charge is -2.36. The van der Waals surface area contributed by atoms with Crippen LogP contribution in [0.5, 0.6) is 5.88 Å². The van der Waals surface area contributed by atoms with Crippen LogP contribution < -0.4 is 4.74 Å². The Morgan fingerprint density at radius 1 is 1.06 bits per heavy atom. The molecule has 3 fully saturated rings. The number of hydrogen-bond donors (Lipinski definition) is 1. The van der Waals surface area contributed by atoms with Gasteiger partial charge < -0.3 is 19.5 Å². The molecule has 1 N–H and O–H groups in total. The number of aliphatic hydroxyl groups is 1. The molecule has 2 saturated heterocycles. The molecule has 1 aliphatic carbocycles. The lowest BCUT2D eigenvalue weighted by molar-refractivity contribution is 0.0643. The van der Waals surface area contributed by atoms with E-state index in [1.807, 2.05) is 12.4 Å². The Bertz CT molecular complexity index is 948.